The van der Waals surface area contributed by atoms with Crippen molar-refractivity contribution in [3.8, 4) is 0 Å². The first kappa shape index (κ1) is 18.2. The zero-order valence-electron chi connectivity index (χ0n) is 15.6. The van der Waals surface area contributed by atoms with Crippen molar-refractivity contribution < 1.29 is 9.47 Å². The van der Waals surface area contributed by atoms with Crippen LogP contribution in [0.5, 0.6) is 0 Å². The summed E-state index contributed by atoms with van der Waals surface area (Å²) in [5.41, 5.74) is 2.45. The average Bonchev–Trinajstić information content (AvgIpc) is 2.64. The summed E-state index contributed by atoms with van der Waals surface area (Å²) in [6, 6.07) is 20.9. The van der Waals surface area contributed by atoms with Crippen molar-refractivity contribution in [2.24, 2.45) is 17.8 Å². The maximum atomic E-state index is 6.40. The maximum absolute atomic E-state index is 6.40. The number of rotatable bonds is 6. The largest absolute Gasteiger partial charge is 0.371 e. The minimum atomic E-state index is 0.141. The molecule has 5 atom stereocenters. The van der Waals surface area contributed by atoms with Gasteiger partial charge in [-0.1, -0.05) is 81.4 Å². The fourth-order valence-electron chi connectivity index (χ4n) is 3.92. The molecule has 3 rings (SSSR count). The fraction of sp³-hybridized carbons (Fsp3) is 0.478. The van der Waals surface area contributed by atoms with Gasteiger partial charge in [-0.15, -0.1) is 0 Å². The van der Waals surface area contributed by atoms with E-state index in [1.54, 1.807) is 0 Å². The Morgan fingerprint density at radius 1 is 0.680 bits per heavy atom. The first-order valence-electron chi connectivity index (χ1n) is 9.46. The molecule has 134 valence electrons. The Hall–Kier alpha value is -1.64. The van der Waals surface area contributed by atoms with Crippen LogP contribution < -0.4 is 0 Å². The summed E-state index contributed by atoms with van der Waals surface area (Å²) in [6.45, 7) is 8.26. The molecule has 0 saturated heterocycles. The van der Waals surface area contributed by atoms with Crippen LogP contribution >= 0.6 is 0 Å². The standard InChI is InChI=1S/C23H30O2/c1-17-14-18(2)22(24-15-20-10-6-4-7-11-20)23(19(17)3)25-16-21-12-8-5-9-13-21/h4-13,17-19,22-23H,14-16H2,1-3H3/t17?,18-,19-,22?,23?/m0/s1. The van der Waals surface area contributed by atoms with E-state index in [0.29, 0.717) is 31.0 Å². The van der Waals surface area contributed by atoms with Crippen molar-refractivity contribution >= 4 is 0 Å². The van der Waals surface area contributed by atoms with Crippen molar-refractivity contribution in [2.45, 2.75) is 52.6 Å². The molecule has 2 aromatic rings. The molecule has 0 N–H and O–H groups in total. The molecule has 0 bridgehead atoms. The normalized spacial score (nSPS) is 29.5. The van der Waals surface area contributed by atoms with Gasteiger partial charge in [0.05, 0.1) is 25.4 Å². The van der Waals surface area contributed by atoms with Gasteiger partial charge in [-0.3, -0.25) is 0 Å². The van der Waals surface area contributed by atoms with E-state index in [4.69, 9.17) is 9.47 Å². The lowest BCUT2D eigenvalue weighted by atomic mass is 9.72. The summed E-state index contributed by atoms with van der Waals surface area (Å²) in [5, 5.41) is 0. The van der Waals surface area contributed by atoms with E-state index in [9.17, 15) is 0 Å². The zero-order chi connectivity index (χ0) is 17.6. The second kappa shape index (κ2) is 8.64. The Labute approximate surface area is 152 Å². The lowest BCUT2D eigenvalue weighted by Crippen LogP contribution is -2.48. The van der Waals surface area contributed by atoms with E-state index in [2.05, 4.69) is 69.3 Å². The molecule has 2 heteroatoms. The van der Waals surface area contributed by atoms with Gasteiger partial charge in [0.25, 0.3) is 0 Å². The smallest absolute Gasteiger partial charge is 0.0871 e. The van der Waals surface area contributed by atoms with Crippen LogP contribution in [0, 0.1) is 17.8 Å². The molecule has 25 heavy (non-hydrogen) atoms. The van der Waals surface area contributed by atoms with Crippen LogP contribution in [0.2, 0.25) is 0 Å². The summed E-state index contributed by atoms with van der Waals surface area (Å²) in [6.07, 6.45) is 1.49. The van der Waals surface area contributed by atoms with Crippen molar-refractivity contribution in [3.63, 3.8) is 0 Å². The van der Waals surface area contributed by atoms with E-state index in [-0.39, 0.29) is 12.2 Å². The Balaban J connectivity index is 1.67. The second-order valence-corrected chi connectivity index (χ2v) is 7.57. The molecule has 0 aromatic heterocycles. The molecule has 0 radical (unpaired) electrons. The topological polar surface area (TPSA) is 18.5 Å². The quantitative estimate of drug-likeness (QED) is 0.695. The molecule has 1 fully saturated rings. The highest BCUT2D eigenvalue weighted by Crippen LogP contribution is 2.38. The van der Waals surface area contributed by atoms with Crippen molar-refractivity contribution in [1.29, 1.82) is 0 Å². The van der Waals surface area contributed by atoms with E-state index in [1.165, 1.54) is 17.5 Å². The Morgan fingerprint density at radius 3 is 1.68 bits per heavy atom. The van der Waals surface area contributed by atoms with Gasteiger partial charge in [-0.25, -0.2) is 0 Å². The Bertz CT molecular complexity index is 625. The lowest BCUT2D eigenvalue weighted by molar-refractivity contribution is -0.157. The first-order chi connectivity index (χ1) is 12.1. The van der Waals surface area contributed by atoms with Crippen LogP contribution in [0.3, 0.4) is 0 Å². The van der Waals surface area contributed by atoms with Crippen LogP contribution in [0.1, 0.15) is 38.3 Å². The third-order valence-corrected chi connectivity index (χ3v) is 5.61. The number of ether oxygens (including phenoxy) is 2. The van der Waals surface area contributed by atoms with E-state index in [0.717, 1.165) is 0 Å². The van der Waals surface area contributed by atoms with Gasteiger partial charge in [0.15, 0.2) is 0 Å². The van der Waals surface area contributed by atoms with Crippen LogP contribution in [-0.4, -0.2) is 12.2 Å². The summed E-state index contributed by atoms with van der Waals surface area (Å²) in [5.74, 6) is 1.67. The van der Waals surface area contributed by atoms with Gasteiger partial charge in [-0.05, 0) is 35.3 Å². The highest BCUT2D eigenvalue weighted by molar-refractivity contribution is 5.14. The fourth-order valence-corrected chi connectivity index (χ4v) is 3.92. The minimum Gasteiger partial charge on any atom is -0.371 e. The van der Waals surface area contributed by atoms with Gasteiger partial charge in [0.2, 0.25) is 0 Å². The summed E-state index contributed by atoms with van der Waals surface area (Å²) < 4.78 is 12.8. The van der Waals surface area contributed by atoms with Crippen molar-refractivity contribution in [1.82, 2.24) is 0 Å². The Kier molecular flexibility index (Phi) is 6.28. The molecular formula is C23H30O2. The summed E-state index contributed by atoms with van der Waals surface area (Å²) in [4.78, 5) is 0. The molecule has 0 spiro atoms. The summed E-state index contributed by atoms with van der Waals surface area (Å²) in [7, 11) is 0. The average molecular weight is 338 g/mol. The molecule has 0 amide bonds. The van der Waals surface area contributed by atoms with Crippen LogP contribution in [0.4, 0.5) is 0 Å². The number of hydrogen-bond donors (Lipinski definition) is 0. The highest BCUT2D eigenvalue weighted by atomic mass is 16.5. The van der Waals surface area contributed by atoms with E-state index in [1.807, 2.05) is 12.1 Å². The lowest BCUT2D eigenvalue weighted by Gasteiger charge is -2.43. The van der Waals surface area contributed by atoms with Crippen LogP contribution in [0.15, 0.2) is 60.7 Å². The molecule has 0 aliphatic heterocycles. The number of hydrogen-bond acceptors (Lipinski definition) is 2. The van der Waals surface area contributed by atoms with Gasteiger partial charge >= 0.3 is 0 Å². The third-order valence-electron chi connectivity index (χ3n) is 5.61. The molecule has 2 aromatic carbocycles. The number of benzene rings is 2. The summed E-state index contributed by atoms with van der Waals surface area (Å²) >= 11 is 0. The van der Waals surface area contributed by atoms with Gasteiger partial charge in [-0.2, -0.15) is 0 Å². The molecule has 2 nitrogen and oxygen atoms in total. The third kappa shape index (κ3) is 4.71. The van der Waals surface area contributed by atoms with Crippen molar-refractivity contribution in [2.75, 3.05) is 0 Å². The molecule has 1 aliphatic rings. The Morgan fingerprint density at radius 2 is 1.16 bits per heavy atom. The molecular weight excluding hydrogens is 308 g/mol. The van der Waals surface area contributed by atoms with Gasteiger partial charge in [0, 0.05) is 0 Å². The van der Waals surface area contributed by atoms with Gasteiger partial charge < -0.3 is 9.47 Å². The first-order valence-corrected chi connectivity index (χ1v) is 9.46. The maximum Gasteiger partial charge on any atom is 0.0871 e. The minimum absolute atomic E-state index is 0.141. The SMILES string of the molecule is CC1C[C@H](C)C(OCc2ccccc2)C(OCc2ccccc2)[C@H]1C. The highest BCUT2D eigenvalue weighted by Gasteiger charge is 2.40. The molecule has 1 aliphatic carbocycles. The molecule has 3 unspecified atom stereocenters. The van der Waals surface area contributed by atoms with Crippen molar-refractivity contribution in [3.05, 3.63) is 71.8 Å². The van der Waals surface area contributed by atoms with E-state index >= 15 is 0 Å². The molecule has 0 heterocycles. The zero-order valence-corrected chi connectivity index (χ0v) is 15.6. The monoisotopic (exact) mass is 338 g/mol. The van der Waals surface area contributed by atoms with Gasteiger partial charge in [0.1, 0.15) is 0 Å². The predicted octanol–water partition coefficient (Wildman–Crippen LogP) is 5.47. The van der Waals surface area contributed by atoms with E-state index < -0.39 is 0 Å². The van der Waals surface area contributed by atoms with Crippen LogP contribution in [0.25, 0.3) is 0 Å². The predicted molar refractivity (Wildman–Crippen MR) is 102 cm³/mol. The van der Waals surface area contributed by atoms with Crippen LogP contribution in [-0.2, 0) is 22.7 Å². The molecule has 1 saturated carbocycles. The second-order valence-electron chi connectivity index (χ2n) is 7.57.